The van der Waals surface area contributed by atoms with Crippen molar-refractivity contribution < 1.29 is 9.53 Å². The summed E-state index contributed by atoms with van der Waals surface area (Å²) in [5, 5.41) is 7.54. The molecule has 1 saturated heterocycles. The summed E-state index contributed by atoms with van der Waals surface area (Å²) in [6.45, 7) is 4.84. The van der Waals surface area contributed by atoms with E-state index in [0.717, 1.165) is 53.6 Å². The average molecular weight is 348 g/mol. The molecule has 3 heterocycles. The molecule has 1 atom stereocenters. The van der Waals surface area contributed by atoms with Crippen molar-refractivity contribution in [3.05, 3.63) is 27.3 Å². The predicted octanol–water partition coefficient (Wildman–Crippen LogP) is 2.66. The Morgan fingerprint density at radius 2 is 2.29 bits per heavy atom. The highest BCUT2D eigenvalue weighted by atomic mass is 32.1. The molecule has 1 unspecified atom stereocenters. The van der Waals surface area contributed by atoms with Gasteiger partial charge >= 0.3 is 0 Å². The van der Waals surface area contributed by atoms with E-state index in [2.05, 4.69) is 17.0 Å². The number of carbonyl (C=O) groups is 1. The van der Waals surface area contributed by atoms with Gasteiger partial charge in [0.25, 0.3) is 0 Å². The average Bonchev–Trinajstić information content (AvgIpc) is 3.25. The Hall–Kier alpha value is -1.89. The number of rotatable bonds is 5. The zero-order valence-corrected chi connectivity index (χ0v) is 15.5. The molecule has 0 spiro atoms. The molecule has 1 fully saturated rings. The van der Waals surface area contributed by atoms with Gasteiger partial charge in [0.1, 0.15) is 0 Å². The lowest BCUT2D eigenvalue weighted by atomic mass is 10.0. The van der Waals surface area contributed by atoms with Crippen molar-refractivity contribution in [1.82, 2.24) is 19.7 Å². The molecule has 0 N–H and O–H groups in total. The second-order valence-electron chi connectivity index (χ2n) is 6.14. The first-order valence-electron chi connectivity index (χ1n) is 8.35. The van der Waals surface area contributed by atoms with Crippen molar-refractivity contribution in [3.63, 3.8) is 0 Å². The van der Waals surface area contributed by atoms with Crippen molar-refractivity contribution in [2.45, 2.75) is 45.6 Å². The molecule has 2 aromatic rings. The minimum absolute atomic E-state index is 0.0467. The summed E-state index contributed by atoms with van der Waals surface area (Å²) in [5.41, 5.74) is 2.85. The van der Waals surface area contributed by atoms with Gasteiger partial charge in [0.2, 0.25) is 11.8 Å². The maximum atomic E-state index is 12.8. The van der Waals surface area contributed by atoms with E-state index in [4.69, 9.17) is 4.74 Å². The van der Waals surface area contributed by atoms with Crippen LogP contribution in [-0.4, -0.2) is 39.2 Å². The van der Waals surface area contributed by atoms with Crippen LogP contribution in [0.3, 0.4) is 0 Å². The molecule has 0 radical (unpaired) electrons. The largest absolute Gasteiger partial charge is 0.481 e. The molecule has 24 heavy (non-hydrogen) atoms. The lowest BCUT2D eigenvalue weighted by Crippen LogP contribution is -2.32. The number of thiazole rings is 1. The van der Waals surface area contributed by atoms with Crippen molar-refractivity contribution in [1.29, 1.82) is 0 Å². The van der Waals surface area contributed by atoms with Crippen LogP contribution in [0.5, 0.6) is 5.88 Å². The maximum absolute atomic E-state index is 12.8. The minimum Gasteiger partial charge on any atom is -0.481 e. The Balaban J connectivity index is 1.81. The van der Waals surface area contributed by atoms with Crippen LogP contribution in [0, 0.1) is 6.92 Å². The first kappa shape index (κ1) is 17.0. The summed E-state index contributed by atoms with van der Waals surface area (Å²) in [4.78, 5) is 19.3. The molecule has 1 aliphatic rings. The van der Waals surface area contributed by atoms with Crippen molar-refractivity contribution in [2.24, 2.45) is 7.05 Å². The molecule has 3 rings (SSSR count). The molecule has 0 bridgehead atoms. The number of aryl methyl sites for hydroxylation is 3. The van der Waals surface area contributed by atoms with Gasteiger partial charge in [-0.2, -0.15) is 5.10 Å². The van der Waals surface area contributed by atoms with E-state index in [1.807, 2.05) is 24.3 Å². The maximum Gasteiger partial charge on any atom is 0.229 e. The quantitative estimate of drug-likeness (QED) is 0.833. The van der Waals surface area contributed by atoms with Gasteiger partial charge in [-0.25, -0.2) is 9.67 Å². The van der Waals surface area contributed by atoms with Gasteiger partial charge in [0.05, 0.1) is 41.5 Å². The molecule has 0 saturated carbocycles. The Kier molecular flexibility index (Phi) is 4.89. The number of likely N-dealkylation sites (tertiary alicyclic amines) is 1. The smallest absolute Gasteiger partial charge is 0.229 e. The topological polar surface area (TPSA) is 60.2 Å². The van der Waals surface area contributed by atoms with Gasteiger partial charge in [0.15, 0.2) is 0 Å². The summed E-state index contributed by atoms with van der Waals surface area (Å²) in [5.74, 6) is 0.884. The molecule has 0 aromatic carbocycles. The number of aromatic nitrogens is 3. The number of hydrogen-bond acceptors (Lipinski definition) is 5. The molecule has 2 aromatic heterocycles. The molecule has 1 aliphatic heterocycles. The SMILES string of the molecule is CCc1nc(CC(=O)N2CCCC2c2c(C)nn(C)c2OC)cs1. The van der Waals surface area contributed by atoms with Gasteiger partial charge in [-0.05, 0) is 26.2 Å². The third-order valence-electron chi connectivity index (χ3n) is 4.55. The number of amides is 1. The van der Waals surface area contributed by atoms with E-state index in [9.17, 15) is 4.79 Å². The first-order chi connectivity index (χ1) is 11.5. The van der Waals surface area contributed by atoms with Crippen LogP contribution in [0.4, 0.5) is 0 Å². The van der Waals surface area contributed by atoms with Gasteiger partial charge in [-0.15, -0.1) is 11.3 Å². The zero-order chi connectivity index (χ0) is 17.3. The van der Waals surface area contributed by atoms with Gasteiger partial charge in [-0.3, -0.25) is 4.79 Å². The van der Waals surface area contributed by atoms with E-state index in [1.54, 1.807) is 23.1 Å². The summed E-state index contributed by atoms with van der Waals surface area (Å²) in [6.07, 6.45) is 3.24. The monoisotopic (exact) mass is 348 g/mol. The predicted molar refractivity (Wildman–Crippen MR) is 93.4 cm³/mol. The molecular weight excluding hydrogens is 324 g/mol. The summed E-state index contributed by atoms with van der Waals surface area (Å²) in [7, 11) is 3.53. The lowest BCUT2D eigenvalue weighted by Gasteiger charge is -2.25. The Morgan fingerprint density at radius 1 is 1.50 bits per heavy atom. The van der Waals surface area contributed by atoms with Crippen molar-refractivity contribution >= 4 is 17.2 Å². The highest BCUT2D eigenvalue weighted by molar-refractivity contribution is 7.09. The molecule has 1 amide bonds. The van der Waals surface area contributed by atoms with Crippen LogP contribution in [0.1, 0.15) is 47.8 Å². The van der Waals surface area contributed by atoms with Crippen molar-refractivity contribution in [3.8, 4) is 5.88 Å². The minimum atomic E-state index is 0.0467. The van der Waals surface area contributed by atoms with E-state index < -0.39 is 0 Å². The van der Waals surface area contributed by atoms with Crippen LogP contribution in [0.25, 0.3) is 0 Å². The fourth-order valence-electron chi connectivity index (χ4n) is 3.49. The number of methoxy groups -OCH3 is 1. The van der Waals surface area contributed by atoms with Gasteiger partial charge in [-0.1, -0.05) is 6.92 Å². The molecule has 130 valence electrons. The molecular formula is C17H24N4O2S. The van der Waals surface area contributed by atoms with E-state index in [0.29, 0.717) is 6.42 Å². The summed E-state index contributed by atoms with van der Waals surface area (Å²) < 4.78 is 7.28. The van der Waals surface area contributed by atoms with E-state index in [1.165, 1.54) is 0 Å². The third kappa shape index (κ3) is 3.05. The van der Waals surface area contributed by atoms with E-state index in [-0.39, 0.29) is 11.9 Å². The fourth-order valence-corrected chi connectivity index (χ4v) is 4.24. The second kappa shape index (κ2) is 6.93. The second-order valence-corrected chi connectivity index (χ2v) is 7.08. The van der Waals surface area contributed by atoms with Crippen LogP contribution < -0.4 is 4.74 Å². The fraction of sp³-hybridized carbons (Fsp3) is 0.588. The highest BCUT2D eigenvalue weighted by Gasteiger charge is 2.35. The molecule has 7 heteroatoms. The molecule has 0 aliphatic carbocycles. The Morgan fingerprint density at radius 3 is 2.96 bits per heavy atom. The van der Waals surface area contributed by atoms with Gasteiger partial charge in [0, 0.05) is 19.0 Å². The number of carbonyl (C=O) groups excluding carboxylic acids is 1. The third-order valence-corrected chi connectivity index (χ3v) is 5.59. The Labute approximate surface area is 146 Å². The summed E-state index contributed by atoms with van der Waals surface area (Å²) in [6, 6.07) is 0.0467. The van der Waals surface area contributed by atoms with E-state index >= 15 is 0 Å². The highest BCUT2D eigenvalue weighted by Crippen LogP contribution is 2.39. The lowest BCUT2D eigenvalue weighted by molar-refractivity contribution is -0.131. The normalized spacial score (nSPS) is 17.5. The first-order valence-corrected chi connectivity index (χ1v) is 9.23. The standard InChI is InChI=1S/C17H24N4O2S/c1-5-14-18-12(10-24-14)9-15(22)21-8-6-7-13(21)16-11(2)19-20(3)17(16)23-4/h10,13H,5-9H2,1-4H3. The van der Waals surface area contributed by atoms with Crippen LogP contribution in [0.15, 0.2) is 5.38 Å². The molecule has 6 nitrogen and oxygen atoms in total. The zero-order valence-electron chi connectivity index (χ0n) is 14.7. The van der Waals surface area contributed by atoms with Crippen molar-refractivity contribution in [2.75, 3.05) is 13.7 Å². The van der Waals surface area contributed by atoms with Crippen LogP contribution in [0.2, 0.25) is 0 Å². The number of ether oxygens (including phenoxy) is 1. The summed E-state index contributed by atoms with van der Waals surface area (Å²) >= 11 is 1.63. The van der Waals surface area contributed by atoms with Crippen LogP contribution >= 0.6 is 11.3 Å². The van der Waals surface area contributed by atoms with Gasteiger partial charge < -0.3 is 9.64 Å². The number of hydrogen-bond donors (Lipinski definition) is 0. The Bertz CT molecular complexity index is 737. The number of nitrogens with zero attached hydrogens (tertiary/aromatic N) is 4. The van der Waals surface area contributed by atoms with Crippen LogP contribution in [-0.2, 0) is 24.7 Å².